The number of nitrogens with zero attached hydrogens (tertiary/aromatic N) is 3. The Balaban J connectivity index is 1.06. The van der Waals surface area contributed by atoms with Gasteiger partial charge in [0.2, 0.25) is 0 Å². The van der Waals surface area contributed by atoms with E-state index in [1.807, 2.05) is 0 Å². The third-order valence-corrected chi connectivity index (χ3v) is 6.10. The van der Waals surface area contributed by atoms with E-state index >= 15 is 0 Å². The van der Waals surface area contributed by atoms with Crippen molar-refractivity contribution in [3.05, 3.63) is 53.5 Å². The smallest absolute Gasteiger partial charge is 0.140 e. The average Bonchev–Trinajstić information content (AvgIpc) is 3.67. The van der Waals surface area contributed by atoms with Gasteiger partial charge in [0.05, 0.1) is 5.69 Å². The maximum atomic E-state index is 5.49. The van der Waals surface area contributed by atoms with Gasteiger partial charge in [-0.05, 0) is 63.1 Å². The van der Waals surface area contributed by atoms with Gasteiger partial charge >= 0.3 is 0 Å². The molecular formula is C24H30N4O. The molecule has 2 aromatic heterocycles. The molecule has 3 aromatic rings. The third-order valence-electron chi connectivity index (χ3n) is 6.10. The van der Waals surface area contributed by atoms with Gasteiger partial charge in [0.25, 0.3) is 0 Å². The van der Waals surface area contributed by atoms with Crippen LogP contribution in [0.1, 0.15) is 73.9 Å². The van der Waals surface area contributed by atoms with Crippen LogP contribution < -0.4 is 5.32 Å². The molecule has 0 radical (unpaired) electrons. The molecule has 0 atom stereocenters. The first-order valence-corrected chi connectivity index (χ1v) is 11.1. The van der Waals surface area contributed by atoms with Gasteiger partial charge in [0, 0.05) is 48.4 Å². The number of hydrogen-bond donors (Lipinski definition) is 1. The van der Waals surface area contributed by atoms with Crippen LogP contribution in [0.4, 0.5) is 5.69 Å². The lowest BCUT2D eigenvalue weighted by molar-refractivity contribution is 0.386. The standard InChI is InChI=1S/C24H30N4O/c1-28-21(15-22(26-28)17-9-10-17)8-3-2-4-13-25-20-7-5-6-19(14-20)23-16-24(29-27-23)18-11-12-18/h5-7,14-18,25H,2-4,8-13H2,1H3. The van der Waals surface area contributed by atoms with Gasteiger partial charge < -0.3 is 9.84 Å². The number of aromatic nitrogens is 3. The highest BCUT2D eigenvalue weighted by atomic mass is 16.5. The Morgan fingerprint density at radius 3 is 2.72 bits per heavy atom. The van der Waals surface area contributed by atoms with E-state index in [4.69, 9.17) is 4.52 Å². The Labute approximate surface area is 172 Å². The number of nitrogens with one attached hydrogen (secondary N) is 1. The van der Waals surface area contributed by atoms with Crippen molar-refractivity contribution in [1.82, 2.24) is 14.9 Å². The Bertz CT molecular complexity index is 965. The van der Waals surface area contributed by atoms with E-state index in [2.05, 4.69) is 63.7 Å². The van der Waals surface area contributed by atoms with E-state index in [0.29, 0.717) is 5.92 Å². The number of hydrogen-bond acceptors (Lipinski definition) is 4. The Morgan fingerprint density at radius 1 is 1.03 bits per heavy atom. The minimum absolute atomic E-state index is 0.601. The highest BCUT2D eigenvalue weighted by Gasteiger charge is 2.28. The topological polar surface area (TPSA) is 55.9 Å². The molecule has 0 unspecified atom stereocenters. The average molecular weight is 391 g/mol. The third kappa shape index (κ3) is 4.55. The van der Waals surface area contributed by atoms with Crippen molar-refractivity contribution in [1.29, 1.82) is 0 Å². The van der Waals surface area contributed by atoms with Crippen LogP contribution in [0, 0.1) is 0 Å². The van der Waals surface area contributed by atoms with Crippen LogP contribution in [0.15, 0.2) is 40.9 Å². The van der Waals surface area contributed by atoms with Crippen LogP contribution in [0.5, 0.6) is 0 Å². The lowest BCUT2D eigenvalue weighted by atomic mass is 10.1. The minimum atomic E-state index is 0.601. The summed E-state index contributed by atoms with van der Waals surface area (Å²) < 4.78 is 7.57. The predicted molar refractivity (Wildman–Crippen MR) is 115 cm³/mol. The molecule has 0 spiro atoms. The molecule has 2 aliphatic carbocycles. The number of anilines is 1. The van der Waals surface area contributed by atoms with E-state index in [1.54, 1.807) is 0 Å². The highest BCUT2D eigenvalue weighted by molar-refractivity contribution is 5.65. The summed E-state index contributed by atoms with van der Waals surface area (Å²) in [4.78, 5) is 0. The fourth-order valence-electron chi connectivity index (χ4n) is 3.96. The van der Waals surface area contributed by atoms with Gasteiger partial charge in [-0.15, -0.1) is 0 Å². The van der Waals surface area contributed by atoms with Crippen molar-refractivity contribution in [3.63, 3.8) is 0 Å². The first-order valence-electron chi connectivity index (χ1n) is 11.1. The van der Waals surface area contributed by atoms with E-state index in [0.717, 1.165) is 41.6 Å². The number of unbranched alkanes of at least 4 members (excludes halogenated alkanes) is 2. The van der Waals surface area contributed by atoms with Crippen LogP contribution in [0.3, 0.4) is 0 Å². The molecule has 5 rings (SSSR count). The second-order valence-electron chi connectivity index (χ2n) is 8.67. The predicted octanol–water partition coefficient (Wildman–Crippen LogP) is 5.65. The van der Waals surface area contributed by atoms with Crippen molar-refractivity contribution < 1.29 is 4.52 Å². The monoisotopic (exact) mass is 390 g/mol. The quantitative estimate of drug-likeness (QED) is 0.454. The van der Waals surface area contributed by atoms with Crippen molar-refractivity contribution in [3.8, 4) is 11.3 Å². The maximum Gasteiger partial charge on any atom is 0.140 e. The van der Waals surface area contributed by atoms with Gasteiger partial charge in [0.15, 0.2) is 0 Å². The number of benzene rings is 1. The van der Waals surface area contributed by atoms with E-state index < -0.39 is 0 Å². The number of rotatable bonds is 10. The Hall–Kier alpha value is -2.56. The molecule has 29 heavy (non-hydrogen) atoms. The second-order valence-corrected chi connectivity index (χ2v) is 8.67. The molecular weight excluding hydrogens is 360 g/mol. The van der Waals surface area contributed by atoms with Gasteiger partial charge in [-0.25, -0.2) is 0 Å². The van der Waals surface area contributed by atoms with Crippen molar-refractivity contribution in [2.45, 2.75) is 63.2 Å². The van der Waals surface area contributed by atoms with Crippen LogP contribution in [0.25, 0.3) is 11.3 Å². The lowest BCUT2D eigenvalue weighted by Gasteiger charge is -2.07. The lowest BCUT2D eigenvalue weighted by Crippen LogP contribution is -2.02. The molecule has 5 nitrogen and oxygen atoms in total. The number of aryl methyl sites for hydroxylation is 2. The first kappa shape index (κ1) is 18.5. The Morgan fingerprint density at radius 2 is 1.90 bits per heavy atom. The van der Waals surface area contributed by atoms with Gasteiger partial charge in [-0.3, -0.25) is 4.68 Å². The zero-order valence-electron chi connectivity index (χ0n) is 17.2. The molecule has 1 aromatic carbocycles. The van der Waals surface area contributed by atoms with Crippen LogP contribution in [0.2, 0.25) is 0 Å². The van der Waals surface area contributed by atoms with Gasteiger partial charge in [0.1, 0.15) is 11.5 Å². The molecule has 0 amide bonds. The fraction of sp³-hybridized carbons (Fsp3) is 0.500. The molecule has 0 aliphatic heterocycles. The van der Waals surface area contributed by atoms with Gasteiger partial charge in [-0.2, -0.15) is 5.10 Å². The molecule has 1 N–H and O–H groups in total. The fourth-order valence-corrected chi connectivity index (χ4v) is 3.96. The summed E-state index contributed by atoms with van der Waals surface area (Å²) >= 11 is 0. The van der Waals surface area contributed by atoms with Crippen LogP contribution >= 0.6 is 0 Å². The molecule has 152 valence electrons. The Kier molecular flexibility index (Phi) is 5.13. The van der Waals surface area contributed by atoms with Crippen molar-refractivity contribution in [2.24, 2.45) is 7.05 Å². The summed E-state index contributed by atoms with van der Waals surface area (Å²) in [5.41, 5.74) is 5.90. The molecule has 0 saturated heterocycles. The van der Waals surface area contributed by atoms with Crippen molar-refractivity contribution >= 4 is 5.69 Å². The summed E-state index contributed by atoms with van der Waals surface area (Å²) in [6.07, 6.45) is 9.85. The van der Waals surface area contributed by atoms with Gasteiger partial charge in [-0.1, -0.05) is 23.7 Å². The first-order chi connectivity index (χ1) is 14.3. The normalized spacial score (nSPS) is 16.3. The molecule has 0 bridgehead atoms. The van der Waals surface area contributed by atoms with E-state index in [9.17, 15) is 0 Å². The minimum Gasteiger partial charge on any atom is -0.385 e. The summed E-state index contributed by atoms with van der Waals surface area (Å²) in [7, 11) is 2.08. The van der Waals surface area contributed by atoms with Crippen molar-refractivity contribution in [2.75, 3.05) is 11.9 Å². The molecule has 2 saturated carbocycles. The SMILES string of the molecule is Cn1nc(C2CC2)cc1CCCCCNc1cccc(-c2cc(C3CC3)on2)c1. The largest absolute Gasteiger partial charge is 0.385 e. The zero-order chi connectivity index (χ0) is 19.6. The maximum absolute atomic E-state index is 5.49. The summed E-state index contributed by atoms with van der Waals surface area (Å²) in [5.74, 6) is 2.38. The highest BCUT2D eigenvalue weighted by Crippen LogP contribution is 2.41. The molecule has 5 heteroatoms. The molecule has 2 fully saturated rings. The van der Waals surface area contributed by atoms with E-state index in [1.165, 1.54) is 56.3 Å². The van der Waals surface area contributed by atoms with Crippen LogP contribution in [-0.4, -0.2) is 21.5 Å². The zero-order valence-corrected chi connectivity index (χ0v) is 17.2. The van der Waals surface area contributed by atoms with Crippen LogP contribution in [-0.2, 0) is 13.5 Å². The second kappa shape index (κ2) is 8.05. The molecule has 2 heterocycles. The summed E-state index contributed by atoms with van der Waals surface area (Å²) in [5, 5.41) is 12.5. The molecule has 2 aliphatic rings. The summed E-state index contributed by atoms with van der Waals surface area (Å²) in [6, 6.07) is 12.9. The van der Waals surface area contributed by atoms with E-state index in [-0.39, 0.29) is 0 Å². The summed E-state index contributed by atoms with van der Waals surface area (Å²) in [6.45, 7) is 0.994.